The number of benzene rings is 3. The standard InChI is InChI=1S/C27H25N3O6/c1-34-20-13-11-19(12-14-20)23-15-22(18-7-3-2-4-8-18)29-30(23)26(32)17-36-27(33)21-9-5-6-10-24(21)35-16-25(28)31/h2-14,23H,15-17H2,1H3,(H2,28,31). The molecule has 0 bridgehead atoms. The van der Waals surface area contributed by atoms with Crippen LogP contribution < -0.4 is 15.2 Å². The lowest BCUT2D eigenvalue weighted by molar-refractivity contribution is -0.136. The number of nitrogens with zero attached hydrogens (tertiary/aromatic N) is 2. The normalized spacial score (nSPS) is 14.6. The van der Waals surface area contributed by atoms with E-state index in [1.165, 1.54) is 17.1 Å². The van der Waals surface area contributed by atoms with Gasteiger partial charge in [0.05, 0.1) is 18.9 Å². The average Bonchev–Trinajstić information content (AvgIpc) is 3.37. The lowest BCUT2D eigenvalue weighted by atomic mass is 9.98. The topological polar surface area (TPSA) is 121 Å². The molecule has 3 aromatic carbocycles. The van der Waals surface area contributed by atoms with Crippen molar-refractivity contribution in [3.63, 3.8) is 0 Å². The van der Waals surface area contributed by atoms with Gasteiger partial charge in [-0.2, -0.15) is 5.10 Å². The zero-order chi connectivity index (χ0) is 25.5. The molecule has 0 saturated heterocycles. The largest absolute Gasteiger partial charge is 0.497 e. The molecule has 1 heterocycles. The van der Waals surface area contributed by atoms with E-state index in [1.807, 2.05) is 54.6 Å². The summed E-state index contributed by atoms with van der Waals surface area (Å²) in [6, 6.07) is 22.9. The first-order valence-corrected chi connectivity index (χ1v) is 11.2. The van der Waals surface area contributed by atoms with Crippen molar-refractivity contribution in [2.45, 2.75) is 12.5 Å². The fourth-order valence-corrected chi connectivity index (χ4v) is 3.81. The van der Waals surface area contributed by atoms with Crippen LogP contribution in [0.2, 0.25) is 0 Å². The lowest BCUT2D eigenvalue weighted by Gasteiger charge is -2.22. The number of primary amides is 1. The van der Waals surface area contributed by atoms with Crippen LogP contribution in [0.3, 0.4) is 0 Å². The highest BCUT2D eigenvalue weighted by Crippen LogP contribution is 2.33. The minimum atomic E-state index is -0.768. The van der Waals surface area contributed by atoms with Crippen molar-refractivity contribution in [3.05, 3.63) is 95.6 Å². The highest BCUT2D eigenvalue weighted by Gasteiger charge is 2.33. The van der Waals surface area contributed by atoms with Gasteiger partial charge in [-0.15, -0.1) is 0 Å². The number of hydrogen-bond donors (Lipinski definition) is 1. The van der Waals surface area contributed by atoms with Crippen LogP contribution in [0.25, 0.3) is 0 Å². The number of nitrogens with two attached hydrogens (primary N) is 1. The summed E-state index contributed by atoms with van der Waals surface area (Å²) in [6.45, 7) is -0.918. The Balaban J connectivity index is 1.51. The Kier molecular flexibility index (Phi) is 7.60. The van der Waals surface area contributed by atoms with Gasteiger partial charge in [0, 0.05) is 6.42 Å². The molecule has 1 aliphatic rings. The Hall–Kier alpha value is -4.66. The number of methoxy groups -OCH3 is 1. The molecule has 184 valence electrons. The van der Waals surface area contributed by atoms with E-state index in [0.29, 0.717) is 12.2 Å². The van der Waals surface area contributed by atoms with Crippen molar-refractivity contribution < 1.29 is 28.6 Å². The second-order valence-corrected chi connectivity index (χ2v) is 7.97. The maximum absolute atomic E-state index is 13.2. The Morgan fingerprint density at radius 1 is 0.944 bits per heavy atom. The summed E-state index contributed by atoms with van der Waals surface area (Å²) >= 11 is 0. The number of esters is 1. The number of carbonyl (C=O) groups excluding carboxylic acids is 3. The number of ether oxygens (including phenoxy) is 3. The van der Waals surface area contributed by atoms with Gasteiger partial charge in [0.25, 0.3) is 11.8 Å². The molecule has 9 heteroatoms. The Morgan fingerprint density at radius 3 is 2.33 bits per heavy atom. The van der Waals surface area contributed by atoms with Gasteiger partial charge in [-0.3, -0.25) is 9.59 Å². The Bertz CT molecular complexity index is 1270. The van der Waals surface area contributed by atoms with Crippen LogP contribution in [0.5, 0.6) is 11.5 Å². The molecule has 0 aliphatic carbocycles. The fourth-order valence-electron chi connectivity index (χ4n) is 3.81. The summed E-state index contributed by atoms with van der Waals surface area (Å²) < 4.78 is 15.8. The van der Waals surface area contributed by atoms with Crippen LogP contribution in [0.1, 0.15) is 33.9 Å². The number of carbonyl (C=O) groups is 3. The molecule has 4 rings (SSSR count). The van der Waals surface area contributed by atoms with E-state index in [9.17, 15) is 14.4 Å². The third-order valence-electron chi connectivity index (χ3n) is 5.58. The van der Waals surface area contributed by atoms with E-state index >= 15 is 0 Å². The number of hydrazone groups is 1. The smallest absolute Gasteiger partial charge is 0.342 e. The fraction of sp³-hybridized carbons (Fsp3) is 0.185. The summed E-state index contributed by atoms with van der Waals surface area (Å²) in [5, 5.41) is 5.93. The molecular weight excluding hydrogens is 462 g/mol. The van der Waals surface area contributed by atoms with Gasteiger partial charge in [-0.25, -0.2) is 9.80 Å². The molecule has 2 amide bonds. The zero-order valence-corrected chi connectivity index (χ0v) is 19.6. The number of hydrogen-bond acceptors (Lipinski definition) is 7. The van der Waals surface area contributed by atoms with E-state index in [2.05, 4.69) is 5.10 Å². The molecule has 1 atom stereocenters. The summed E-state index contributed by atoms with van der Waals surface area (Å²) in [4.78, 5) is 36.9. The molecule has 36 heavy (non-hydrogen) atoms. The summed E-state index contributed by atoms with van der Waals surface area (Å²) in [7, 11) is 1.59. The van der Waals surface area contributed by atoms with Gasteiger partial charge in [-0.1, -0.05) is 54.6 Å². The van der Waals surface area contributed by atoms with Gasteiger partial charge < -0.3 is 19.9 Å². The lowest BCUT2D eigenvalue weighted by Crippen LogP contribution is -2.31. The van der Waals surface area contributed by atoms with Crippen molar-refractivity contribution >= 4 is 23.5 Å². The second-order valence-electron chi connectivity index (χ2n) is 7.97. The van der Waals surface area contributed by atoms with Crippen molar-refractivity contribution in [3.8, 4) is 11.5 Å². The van der Waals surface area contributed by atoms with E-state index < -0.39 is 31.0 Å². The van der Waals surface area contributed by atoms with Crippen molar-refractivity contribution in [1.29, 1.82) is 0 Å². The van der Waals surface area contributed by atoms with Crippen LogP contribution in [0.4, 0.5) is 0 Å². The Morgan fingerprint density at radius 2 is 1.64 bits per heavy atom. The van der Waals surface area contributed by atoms with Crippen LogP contribution in [-0.2, 0) is 14.3 Å². The maximum Gasteiger partial charge on any atom is 0.342 e. The van der Waals surface area contributed by atoms with Crippen LogP contribution >= 0.6 is 0 Å². The van der Waals surface area contributed by atoms with Crippen molar-refractivity contribution in [2.75, 3.05) is 20.3 Å². The van der Waals surface area contributed by atoms with E-state index in [1.54, 1.807) is 19.2 Å². The molecule has 1 aliphatic heterocycles. The predicted octanol–water partition coefficient (Wildman–Crippen LogP) is 3.09. The quantitative estimate of drug-likeness (QED) is 0.463. The van der Waals surface area contributed by atoms with Crippen LogP contribution in [-0.4, -0.2) is 48.8 Å². The molecule has 0 saturated carbocycles. The number of para-hydroxylation sites is 1. The molecule has 9 nitrogen and oxygen atoms in total. The van der Waals surface area contributed by atoms with Gasteiger partial charge in [0.1, 0.15) is 17.1 Å². The van der Waals surface area contributed by atoms with Crippen molar-refractivity contribution in [1.82, 2.24) is 5.01 Å². The molecule has 2 N–H and O–H groups in total. The highest BCUT2D eigenvalue weighted by molar-refractivity contribution is 6.03. The van der Waals surface area contributed by atoms with Gasteiger partial charge in [-0.05, 0) is 35.4 Å². The minimum Gasteiger partial charge on any atom is -0.497 e. The zero-order valence-electron chi connectivity index (χ0n) is 19.6. The highest BCUT2D eigenvalue weighted by atomic mass is 16.5. The second kappa shape index (κ2) is 11.2. The first-order valence-electron chi connectivity index (χ1n) is 11.2. The van der Waals surface area contributed by atoms with E-state index in [4.69, 9.17) is 19.9 Å². The van der Waals surface area contributed by atoms with E-state index in [0.717, 1.165) is 16.8 Å². The third kappa shape index (κ3) is 5.69. The first-order chi connectivity index (χ1) is 17.5. The predicted molar refractivity (Wildman–Crippen MR) is 132 cm³/mol. The monoisotopic (exact) mass is 487 g/mol. The SMILES string of the molecule is COc1ccc(C2CC(c3ccccc3)=NN2C(=O)COC(=O)c2ccccc2OCC(N)=O)cc1. The Labute approximate surface area is 208 Å². The average molecular weight is 488 g/mol. The van der Waals surface area contributed by atoms with Crippen LogP contribution in [0, 0.1) is 0 Å². The minimum absolute atomic E-state index is 0.0770. The number of amides is 2. The molecule has 0 fully saturated rings. The van der Waals surface area contributed by atoms with Crippen LogP contribution in [0.15, 0.2) is 84.0 Å². The summed E-state index contributed by atoms with van der Waals surface area (Å²) in [5.74, 6) is -1.10. The van der Waals surface area contributed by atoms with Gasteiger partial charge in [0.15, 0.2) is 13.2 Å². The van der Waals surface area contributed by atoms with Crippen molar-refractivity contribution in [2.24, 2.45) is 10.8 Å². The van der Waals surface area contributed by atoms with E-state index in [-0.39, 0.29) is 17.4 Å². The van der Waals surface area contributed by atoms with Gasteiger partial charge >= 0.3 is 5.97 Å². The summed E-state index contributed by atoms with van der Waals surface area (Å²) in [6.07, 6.45) is 0.500. The molecule has 1 unspecified atom stereocenters. The summed E-state index contributed by atoms with van der Waals surface area (Å²) in [5.41, 5.74) is 7.72. The molecule has 0 radical (unpaired) electrons. The molecule has 0 aromatic heterocycles. The molecule has 3 aromatic rings. The third-order valence-corrected chi connectivity index (χ3v) is 5.58. The number of rotatable bonds is 9. The molecule has 0 spiro atoms. The maximum atomic E-state index is 13.2. The first kappa shape index (κ1) is 24.5. The molecular formula is C27H25N3O6. The van der Waals surface area contributed by atoms with Gasteiger partial charge in [0.2, 0.25) is 0 Å².